The van der Waals surface area contributed by atoms with Crippen LogP contribution in [0.4, 0.5) is 0 Å². The van der Waals surface area contributed by atoms with Gasteiger partial charge in [0.15, 0.2) is 18.4 Å². The highest BCUT2D eigenvalue weighted by molar-refractivity contribution is 5.91. The molecule has 3 aromatic carbocycles. The van der Waals surface area contributed by atoms with Gasteiger partial charge in [-0.2, -0.15) is 0 Å². The summed E-state index contributed by atoms with van der Waals surface area (Å²) < 4.78 is 22.3. The van der Waals surface area contributed by atoms with Crippen LogP contribution in [0.1, 0.15) is 31.1 Å². The van der Waals surface area contributed by atoms with Gasteiger partial charge in [-0.05, 0) is 41.9 Å². The predicted molar refractivity (Wildman–Crippen MR) is 126 cm³/mol. The zero-order valence-corrected chi connectivity index (χ0v) is 18.9. The summed E-state index contributed by atoms with van der Waals surface area (Å²) >= 11 is 0. The van der Waals surface area contributed by atoms with Crippen LogP contribution in [-0.4, -0.2) is 49.1 Å². The first kappa shape index (κ1) is 24.5. The maximum Gasteiger partial charge on any atom is 0.338 e. The average Bonchev–Trinajstić information content (AvgIpc) is 3.24. The van der Waals surface area contributed by atoms with Gasteiger partial charge in [-0.25, -0.2) is 14.4 Å². The largest absolute Gasteiger partial charge is 0.459 e. The first-order valence-electron chi connectivity index (χ1n) is 11.0. The second-order valence-electron chi connectivity index (χ2n) is 7.71. The number of carbonyl (C=O) groups is 3. The molecule has 1 aliphatic rings. The van der Waals surface area contributed by atoms with Crippen molar-refractivity contribution in [2.75, 3.05) is 6.61 Å². The van der Waals surface area contributed by atoms with E-state index < -0.39 is 42.4 Å². The van der Waals surface area contributed by atoms with E-state index in [1.54, 1.807) is 91.0 Å². The fourth-order valence-corrected chi connectivity index (χ4v) is 3.60. The molecule has 0 radical (unpaired) electrons. The zero-order chi connectivity index (χ0) is 25.3. The summed E-state index contributed by atoms with van der Waals surface area (Å²) in [5.74, 6) is -2.08. The number of benzene rings is 3. The average molecular weight is 487 g/mol. The molecule has 4 atom stereocenters. The van der Waals surface area contributed by atoms with Crippen molar-refractivity contribution in [2.45, 2.75) is 24.5 Å². The molecule has 36 heavy (non-hydrogen) atoms. The van der Waals surface area contributed by atoms with Crippen LogP contribution >= 0.6 is 0 Å². The van der Waals surface area contributed by atoms with Crippen LogP contribution in [0.3, 0.4) is 0 Å². The highest BCUT2D eigenvalue weighted by Crippen LogP contribution is 2.30. The van der Waals surface area contributed by atoms with Gasteiger partial charge in [0, 0.05) is 4.91 Å². The van der Waals surface area contributed by atoms with Gasteiger partial charge >= 0.3 is 17.9 Å². The van der Waals surface area contributed by atoms with Gasteiger partial charge in [-0.15, -0.1) is 0 Å². The lowest BCUT2D eigenvalue weighted by Crippen LogP contribution is -2.41. The number of hydrogen-bond acceptors (Lipinski definition) is 8. The molecule has 0 aliphatic carbocycles. The molecule has 0 bridgehead atoms. The second kappa shape index (κ2) is 11.7. The van der Waals surface area contributed by atoms with Gasteiger partial charge in [0.1, 0.15) is 12.7 Å². The summed E-state index contributed by atoms with van der Waals surface area (Å²) in [5.41, 5.74) is 9.84. The summed E-state index contributed by atoms with van der Waals surface area (Å²) in [6, 6.07) is 24.6. The van der Waals surface area contributed by atoms with Crippen molar-refractivity contribution in [3.8, 4) is 0 Å². The van der Waals surface area contributed by atoms with E-state index in [4.69, 9.17) is 24.5 Å². The maximum absolute atomic E-state index is 12.8. The Hall–Kier alpha value is -4.66. The summed E-state index contributed by atoms with van der Waals surface area (Å²) in [4.78, 5) is 40.8. The maximum atomic E-state index is 12.8. The Morgan fingerprint density at radius 3 is 1.64 bits per heavy atom. The van der Waals surface area contributed by atoms with E-state index >= 15 is 0 Å². The van der Waals surface area contributed by atoms with Gasteiger partial charge < -0.3 is 18.9 Å². The summed E-state index contributed by atoms with van der Waals surface area (Å²) in [5, 5.41) is 3.57. The van der Waals surface area contributed by atoms with Crippen LogP contribution in [0.5, 0.6) is 0 Å². The van der Waals surface area contributed by atoms with Gasteiger partial charge in [0.2, 0.25) is 0 Å². The van der Waals surface area contributed by atoms with Crippen molar-refractivity contribution in [3.63, 3.8) is 0 Å². The Morgan fingerprint density at radius 2 is 1.17 bits per heavy atom. The Morgan fingerprint density at radius 1 is 0.722 bits per heavy atom. The van der Waals surface area contributed by atoms with Crippen LogP contribution in [0.15, 0.2) is 96.1 Å². The van der Waals surface area contributed by atoms with Crippen LogP contribution in [0.2, 0.25) is 0 Å². The van der Waals surface area contributed by atoms with Crippen molar-refractivity contribution in [1.29, 1.82) is 0 Å². The lowest BCUT2D eigenvalue weighted by Gasteiger charge is -2.23. The normalized spacial score (nSPS) is 20.6. The molecule has 1 aliphatic heterocycles. The Balaban J connectivity index is 1.58. The Bertz CT molecular complexity index is 1250. The number of nitrogens with zero attached hydrogens (tertiary/aromatic N) is 3. The highest BCUT2D eigenvalue weighted by atomic mass is 16.7. The van der Waals surface area contributed by atoms with E-state index in [1.807, 2.05) is 0 Å². The highest BCUT2D eigenvalue weighted by Gasteiger charge is 2.50. The molecule has 10 heteroatoms. The number of esters is 3. The molecule has 0 amide bonds. The van der Waals surface area contributed by atoms with E-state index in [9.17, 15) is 14.4 Å². The molecule has 0 spiro atoms. The quantitative estimate of drug-likeness (QED) is 0.152. The minimum absolute atomic E-state index is 0.240. The molecule has 1 fully saturated rings. The number of carbonyl (C=O) groups excluding carboxylic acids is 3. The molecular weight excluding hydrogens is 466 g/mol. The van der Waals surface area contributed by atoms with Crippen molar-refractivity contribution in [2.24, 2.45) is 5.11 Å². The van der Waals surface area contributed by atoms with Crippen molar-refractivity contribution < 1.29 is 33.3 Å². The molecule has 10 nitrogen and oxygen atoms in total. The zero-order valence-electron chi connectivity index (χ0n) is 18.9. The molecule has 0 N–H and O–H groups in total. The summed E-state index contributed by atoms with van der Waals surface area (Å²) in [6.45, 7) is -0.350. The number of hydrogen-bond donors (Lipinski definition) is 0. The number of azide groups is 1. The minimum Gasteiger partial charge on any atom is -0.459 e. The SMILES string of the molecule is [N-]=[N+]=NC1O[C@H](COC(=O)c2ccccc2)[C@@H](OC(=O)c2ccccc2)[C@H]1OC(=O)c1ccccc1. The molecular formula is C26H21N3O7. The molecule has 4 rings (SSSR count). The molecule has 182 valence electrons. The van der Waals surface area contributed by atoms with Crippen LogP contribution < -0.4 is 0 Å². The molecule has 0 saturated carbocycles. The standard InChI is InChI=1S/C26H21N3O7/c27-29-28-23-22(36-26(32)19-14-8-3-9-15-19)21(35-25(31)18-12-6-2-7-13-18)20(34-23)16-33-24(30)17-10-4-1-5-11-17/h1-15,20-23H,16H2/t20-,21-,22-,23?/m1/s1. The third-order valence-corrected chi connectivity index (χ3v) is 5.34. The molecule has 1 saturated heterocycles. The third kappa shape index (κ3) is 5.87. The van der Waals surface area contributed by atoms with E-state index in [1.165, 1.54) is 0 Å². The number of ether oxygens (including phenoxy) is 4. The first-order chi connectivity index (χ1) is 17.6. The second-order valence-corrected chi connectivity index (χ2v) is 7.71. The monoisotopic (exact) mass is 487 g/mol. The molecule has 1 heterocycles. The number of rotatable bonds is 8. The van der Waals surface area contributed by atoms with Gasteiger partial charge in [-0.1, -0.05) is 59.7 Å². The molecule has 0 aromatic heterocycles. The third-order valence-electron chi connectivity index (χ3n) is 5.34. The lowest BCUT2D eigenvalue weighted by molar-refractivity contribution is -0.0445. The topological polar surface area (TPSA) is 137 Å². The predicted octanol–water partition coefficient (Wildman–Crippen LogP) is 4.33. The van der Waals surface area contributed by atoms with Gasteiger partial charge in [0.25, 0.3) is 0 Å². The van der Waals surface area contributed by atoms with Crippen molar-refractivity contribution in [3.05, 3.63) is 118 Å². The van der Waals surface area contributed by atoms with Gasteiger partial charge in [0.05, 0.1) is 16.7 Å². The smallest absolute Gasteiger partial charge is 0.338 e. The summed E-state index contributed by atoms with van der Waals surface area (Å²) in [6.07, 6.45) is -4.92. The molecule has 3 aromatic rings. The lowest BCUT2D eigenvalue weighted by atomic mass is 10.1. The summed E-state index contributed by atoms with van der Waals surface area (Å²) in [7, 11) is 0. The Kier molecular flexibility index (Phi) is 7.92. The van der Waals surface area contributed by atoms with Crippen LogP contribution in [-0.2, 0) is 18.9 Å². The Labute approximate surface area is 206 Å². The van der Waals surface area contributed by atoms with Crippen LogP contribution in [0.25, 0.3) is 10.4 Å². The van der Waals surface area contributed by atoms with E-state index in [0.29, 0.717) is 5.56 Å². The fourth-order valence-electron chi connectivity index (χ4n) is 3.60. The van der Waals surface area contributed by atoms with Crippen molar-refractivity contribution >= 4 is 17.9 Å². The van der Waals surface area contributed by atoms with Gasteiger partial charge in [-0.3, -0.25) is 0 Å². The van der Waals surface area contributed by atoms with Crippen molar-refractivity contribution in [1.82, 2.24) is 0 Å². The van der Waals surface area contributed by atoms with Crippen LogP contribution in [0, 0.1) is 0 Å². The molecule has 1 unspecified atom stereocenters. The van der Waals surface area contributed by atoms with E-state index in [2.05, 4.69) is 10.0 Å². The van der Waals surface area contributed by atoms with E-state index in [0.717, 1.165) is 0 Å². The van der Waals surface area contributed by atoms with E-state index in [-0.39, 0.29) is 17.7 Å². The minimum atomic E-state index is -1.32. The fraction of sp³-hybridized carbons (Fsp3) is 0.192. The first-order valence-corrected chi connectivity index (χ1v) is 11.0.